The normalized spacial score (nSPS) is 12.6. The zero-order chi connectivity index (χ0) is 38.1. The van der Waals surface area contributed by atoms with Crippen LogP contribution in [0.2, 0.25) is 0 Å². The Morgan fingerprint density at radius 3 is 1.61 bits per heavy atom. The summed E-state index contributed by atoms with van der Waals surface area (Å²) in [6.07, 6.45) is -1.42. The number of nitrogens with one attached hydrogen (secondary N) is 1. The number of imide groups is 1. The van der Waals surface area contributed by atoms with Crippen LogP contribution in [0.1, 0.15) is 60.4 Å². The van der Waals surface area contributed by atoms with E-state index in [1.54, 1.807) is 11.2 Å². The Kier molecular flexibility index (Phi) is 12.1. The number of rotatable bonds is 14. The first kappa shape index (κ1) is 37.9. The lowest BCUT2D eigenvalue weighted by atomic mass is 9.84. The molecule has 0 heterocycles. The van der Waals surface area contributed by atoms with E-state index >= 15 is 0 Å². The number of hydrogen-bond acceptors (Lipinski definition) is 6. The molecule has 6 rings (SSSR count). The predicted molar refractivity (Wildman–Crippen MR) is 211 cm³/mol. The Hall–Kier alpha value is -5.87. The number of nitrogens with zero attached hydrogens (tertiary/aromatic N) is 2. The second-order valence-electron chi connectivity index (χ2n) is 12.9. The zero-order valence-electron chi connectivity index (χ0n) is 30.3. The number of carbonyl (C=O) groups is 4. The van der Waals surface area contributed by atoms with Crippen molar-refractivity contribution in [2.45, 2.75) is 43.4 Å². The maximum absolute atomic E-state index is 14.3. The van der Waals surface area contributed by atoms with Gasteiger partial charge in [0, 0.05) is 25.4 Å². The number of carboxylic acid groups (broad SMARTS) is 1. The van der Waals surface area contributed by atoms with Gasteiger partial charge in [-0.1, -0.05) is 140 Å². The molecular formula is C44H43N3O6S. The number of alkyl carbamates (subject to hydrolysis) is 1. The third kappa shape index (κ3) is 7.89. The fourth-order valence-electron chi connectivity index (χ4n) is 7.08. The highest BCUT2D eigenvalue weighted by atomic mass is 32.2. The van der Waals surface area contributed by atoms with E-state index in [0.717, 1.165) is 43.8 Å². The molecule has 0 saturated carbocycles. The number of carbonyl (C=O) groups excluding carboxylic acids is 3. The van der Waals surface area contributed by atoms with E-state index in [9.17, 15) is 24.3 Å². The van der Waals surface area contributed by atoms with E-state index in [-0.39, 0.29) is 38.5 Å². The quantitative estimate of drug-likeness (QED) is 0.0865. The van der Waals surface area contributed by atoms with Crippen molar-refractivity contribution < 1.29 is 29.0 Å². The Morgan fingerprint density at radius 1 is 0.704 bits per heavy atom. The highest BCUT2D eigenvalue weighted by molar-refractivity contribution is 7.98. The van der Waals surface area contributed by atoms with Crippen molar-refractivity contribution in [3.63, 3.8) is 0 Å². The Balaban J connectivity index is 1.14. The molecule has 0 bridgehead atoms. The summed E-state index contributed by atoms with van der Waals surface area (Å²) in [4.78, 5) is 54.3. The summed E-state index contributed by atoms with van der Waals surface area (Å²) in [6.45, 7) is 3.93. The molecule has 1 aliphatic carbocycles. The minimum Gasteiger partial charge on any atom is -0.480 e. The summed E-state index contributed by atoms with van der Waals surface area (Å²) in [5.74, 6) is -2.05. The average Bonchev–Trinajstić information content (AvgIpc) is 3.53. The maximum Gasteiger partial charge on any atom is 0.407 e. The van der Waals surface area contributed by atoms with Gasteiger partial charge in [-0.05, 0) is 71.2 Å². The topological polar surface area (TPSA) is 116 Å². The van der Waals surface area contributed by atoms with Gasteiger partial charge in [0.15, 0.2) is 0 Å². The Labute approximate surface area is 320 Å². The molecule has 9 nitrogen and oxygen atoms in total. The second kappa shape index (κ2) is 17.3. The second-order valence-corrected chi connectivity index (χ2v) is 14.1. The van der Waals surface area contributed by atoms with Crippen molar-refractivity contribution >= 4 is 35.9 Å². The number of carboxylic acids is 1. The molecule has 2 N–H and O–H groups in total. The van der Waals surface area contributed by atoms with Crippen LogP contribution in [-0.4, -0.2) is 64.1 Å². The van der Waals surface area contributed by atoms with Crippen LogP contribution in [0.15, 0.2) is 140 Å². The molecule has 54 heavy (non-hydrogen) atoms. The third-order valence-corrected chi connectivity index (χ3v) is 11.3. The average molecular weight is 742 g/mol. The van der Waals surface area contributed by atoms with Gasteiger partial charge in [-0.25, -0.2) is 14.4 Å². The Bertz CT molecular complexity index is 1940. The molecule has 0 fully saturated rings. The van der Waals surface area contributed by atoms with E-state index in [1.165, 1.54) is 11.9 Å². The molecule has 0 radical (unpaired) electrons. The molecule has 0 spiro atoms. The molecule has 5 aromatic rings. The zero-order valence-corrected chi connectivity index (χ0v) is 31.1. The molecule has 5 aromatic carbocycles. The van der Waals surface area contributed by atoms with Gasteiger partial charge < -0.3 is 15.2 Å². The van der Waals surface area contributed by atoms with Gasteiger partial charge in [-0.3, -0.25) is 14.0 Å². The monoisotopic (exact) mass is 741 g/mol. The van der Waals surface area contributed by atoms with Gasteiger partial charge in [0.1, 0.15) is 17.4 Å². The van der Waals surface area contributed by atoms with E-state index < -0.39 is 34.8 Å². The molecule has 10 heteroatoms. The number of urea groups is 1. The lowest BCUT2D eigenvalue weighted by molar-refractivity contribution is -0.139. The van der Waals surface area contributed by atoms with Crippen LogP contribution in [0.25, 0.3) is 11.1 Å². The molecule has 1 unspecified atom stereocenters. The largest absolute Gasteiger partial charge is 0.480 e. The van der Waals surface area contributed by atoms with Crippen LogP contribution in [0.4, 0.5) is 9.59 Å². The third-order valence-electron chi connectivity index (χ3n) is 9.72. The lowest BCUT2D eigenvalue weighted by Gasteiger charge is -2.39. The van der Waals surface area contributed by atoms with Gasteiger partial charge in [0.05, 0.1) is 0 Å². The minimum atomic E-state index is -1.41. The molecule has 4 amide bonds. The highest BCUT2D eigenvalue weighted by Gasteiger charge is 2.42. The van der Waals surface area contributed by atoms with Crippen LogP contribution in [0, 0.1) is 0 Å². The molecule has 1 atom stereocenters. The first-order chi connectivity index (χ1) is 26.3. The number of amides is 4. The standard InChI is InChI=1S/C44H43N3O6S/c1-3-46(43(52)47(4-2)54-44(31-18-8-5-9-19-31,32-20-10-6-11-21-32)33-22-12-7-13-23-33)40(48)29-28-39(41(49)50)45-42(51)53-30-38-36-26-16-14-24-34(36)35-25-15-17-27-37(35)38/h5-27,38-39H,3-4,28-30H2,1-2H3,(H,45,51)(H,49,50). The summed E-state index contributed by atoms with van der Waals surface area (Å²) < 4.78 is 6.30. The summed E-state index contributed by atoms with van der Waals surface area (Å²) in [6, 6.07) is 43.7. The molecular weight excluding hydrogens is 699 g/mol. The van der Waals surface area contributed by atoms with E-state index in [2.05, 4.69) is 5.32 Å². The van der Waals surface area contributed by atoms with Crippen LogP contribution in [-0.2, 0) is 19.1 Å². The highest BCUT2D eigenvalue weighted by Crippen LogP contribution is 2.50. The van der Waals surface area contributed by atoms with Crippen LogP contribution >= 0.6 is 11.9 Å². The lowest BCUT2D eigenvalue weighted by Crippen LogP contribution is -2.46. The summed E-state index contributed by atoms with van der Waals surface area (Å²) >= 11 is 1.33. The fourth-order valence-corrected chi connectivity index (χ4v) is 8.44. The predicted octanol–water partition coefficient (Wildman–Crippen LogP) is 8.69. The van der Waals surface area contributed by atoms with Crippen molar-refractivity contribution in [1.29, 1.82) is 0 Å². The van der Waals surface area contributed by atoms with E-state index in [0.29, 0.717) is 0 Å². The van der Waals surface area contributed by atoms with E-state index in [4.69, 9.17) is 4.74 Å². The molecule has 0 saturated heterocycles. The van der Waals surface area contributed by atoms with Crippen LogP contribution < -0.4 is 5.32 Å². The van der Waals surface area contributed by atoms with Crippen molar-refractivity contribution in [2.75, 3.05) is 19.7 Å². The number of fused-ring (bicyclic) bond motifs is 3. The Morgan fingerprint density at radius 2 is 1.17 bits per heavy atom. The SMILES string of the molecule is CCN(SC(c1ccccc1)(c1ccccc1)c1ccccc1)C(=O)N(CC)C(=O)CCC(NC(=O)OCC1c2ccccc2-c2ccccc21)C(=O)O. The smallest absolute Gasteiger partial charge is 0.407 e. The maximum atomic E-state index is 14.3. The molecule has 1 aliphatic rings. The summed E-state index contributed by atoms with van der Waals surface area (Å²) in [5.41, 5.74) is 7.08. The number of aliphatic carboxylic acids is 1. The van der Waals surface area contributed by atoms with Gasteiger partial charge in [-0.2, -0.15) is 0 Å². The van der Waals surface area contributed by atoms with Gasteiger partial charge in [0.25, 0.3) is 0 Å². The first-order valence-corrected chi connectivity index (χ1v) is 18.9. The number of hydrogen-bond donors (Lipinski definition) is 2. The van der Waals surface area contributed by atoms with Gasteiger partial charge in [0.2, 0.25) is 5.91 Å². The minimum absolute atomic E-state index is 0.0181. The van der Waals surface area contributed by atoms with Gasteiger partial charge in [-0.15, -0.1) is 0 Å². The van der Waals surface area contributed by atoms with Crippen LogP contribution in [0.3, 0.4) is 0 Å². The van der Waals surface area contributed by atoms with Crippen molar-refractivity contribution in [1.82, 2.24) is 14.5 Å². The van der Waals surface area contributed by atoms with Crippen LogP contribution in [0.5, 0.6) is 0 Å². The molecule has 0 aliphatic heterocycles. The first-order valence-electron chi connectivity index (χ1n) is 18.1. The summed E-state index contributed by atoms with van der Waals surface area (Å²) in [7, 11) is 0. The number of benzene rings is 5. The molecule has 0 aromatic heterocycles. The summed E-state index contributed by atoms with van der Waals surface area (Å²) in [5, 5.41) is 12.4. The number of ether oxygens (including phenoxy) is 1. The van der Waals surface area contributed by atoms with Gasteiger partial charge >= 0.3 is 18.1 Å². The van der Waals surface area contributed by atoms with Crippen molar-refractivity contribution in [3.8, 4) is 11.1 Å². The van der Waals surface area contributed by atoms with Crippen molar-refractivity contribution in [2.24, 2.45) is 0 Å². The van der Waals surface area contributed by atoms with E-state index in [1.807, 2.05) is 146 Å². The van der Waals surface area contributed by atoms with Crippen molar-refractivity contribution in [3.05, 3.63) is 167 Å². The molecule has 276 valence electrons. The fraction of sp³-hybridized carbons (Fsp3) is 0.227.